The van der Waals surface area contributed by atoms with Gasteiger partial charge in [0, 0.05) is 60.5 Å². The predicted octanol–water partition coefficient (Wildman–Crippen LogP) is 11.4. The molecule has 5 heteroatoms. The Morgan fingerprint density at radius 3 is 1.77 bits per heavy atom. The lowest BCUT2D eigenvalue weighted by molar-refractivity contribution is 0.578. The summed E-state index contributed by atoms with van der Waals surface area (Å²) in [5.74, 6) is 0.771. The smallest absolute Gasteiger partial charge is 0.138 e. The van der Waals surface area contributed by atoms with Crippen LogP contribution in [0.15, 0.2) is 124 Å². The molecule has 9 rings (SSSR count). The number of aromatic nitrogens is 1. The summed E-state index contributed by atoms with van der Waals surface area (Å²) in [4.78, 5) is 4.31. The van der Waals surface area contributed by atoms with Gasteiger partial charge in [0.1, 0.15) is 22.5 Å². The molecule has 0 unspecified atom stereocenters. The topological polar surface area (TPSA) is 63.0 Å². The van der Waals surface area contributed by atoms with Gasteiger partial charge in [-0.15, -0.1) is 11.3 Å². The molecule has 4 heterocycles. The van der Waals surface area contributed by atoms with Crippen molar-refractivity contribution in [1.29, 1.82) is 5.41 Å². The van der Waals surface area contributed by atoms with Crippen LogP contribution in [0.2, 0.25) is 0 Å². The Balaban J connectivity index is 1.13. The van der Waals surface area contributed by atoms with E-state index in [2.05, 4.69) is 96.0 Å². The van der Waals surface area contributed by atoms with E-state index in [0.29, 0.717) is 0 Å². The lowest BCUT2D eigenvalue weighted by Gasteiger charge is -2.07. The van der Waals surface area contributed by atoms with Gasteiger partial charge in [0.15, 0.2) is 0 Å². The van der Waals surface area contributed by atoms with Crippen molar-refractivity contribution in [2.24, 2.45) is 0 Å². The molecule has 0 aliphatic carbocycles. The quantitative estimate of drug-likeness (QED) is 0.209. The second kappa shape index (κ2) is 9.49. The molecule has 0 aliphatic heterocycles. The number of thiophene rings is 1. The SMILES string of the molecule is Cc1oc2ccc(-c3cccc(-c4ccc5sc6ccc(-c7ccc8oc9ccncc9c8c7)cc6c5c4)c3)cc2c1C=N. The van der Waals surface area contributed by atoms with Gasteiger partial charge >= 0.3 is 0 Å². The van der Waals surface area contributed by atoms with E-state index < -0.39 is 0 Å². The highest BCUT2D eigenvalue weighted by Crippen LogP contribution is 2.40. The number of furan rings is 2. The zero-order valence-electron chi connectivity index (χ0n) is 23.7. The molecule has 0 saturated heterocycles. The highest BCUT2D eigenvalue weighted by Gasteiger charge is 2.13. The van der Waals surface area contributed by atoms with E-state index >= 15 is 0 Å². The highest BCUT2D eigenvalue weighted by atomic mass is 32.1. The van der Waals surface area contributed by atoms with E-state index in [4.69, 9.17) is 14.2 Å². The third kappa shape index (κ3) is 3.83. The molecule has 1 N–H and O–H groups in total. The Bertz CT molecular complexity index is 2600. The Hall–Kier alpha value is -5.52. The van der Waals surface area contributed by atoms with Crippen LogP contribution in [0, 0.1) is 12.3 Å². The highest BCUT2D eigenvalue weighted by molar-refractivity contribution is 7.25. The number of pyridine rings is 1. The van der Waals surface area contributed by atoms with Gasteiger partial charge in [-0.3, -0.25) is 4.98 Å². The Morgan fingerprint density at radius 2 is 1.11 bits per heavy atom. The summed E-state index contributed by atoms with van der Waals surface area (Å²) in [6.07, 6.45) is 5.02. The third-order valence-electron chi connectivity index (χ3n) is 8.66. The first-order valence-corrected chi connectivity index (χ1v) is 15.3. The van der Waals surface area contributed by atoms with Crippen molar-refractivity contribution >= 4 is 70.6 Å². The maximum absolute atomic E-state index is 7.84. The first-order chi connectivity index (χ1) is 21.6. The van der Waals surface area contributed by atoms with Crippen LogP contribution in [0.25, 0.3) is 86.5 Å². The molecule has 5 aromatic carbocycles. The number of nitrogens with one attached hydrogen (secondary N) is 1. The largest absolute Gasteiger partial charge is 0.461 e. The van der Waals surface area contributed by atoms with Crippen molar-refractivity contribution in [3.8, 4) is 33.4 Å². The van der Waals surface area contributed by atoms with Gasteiger partial charge in [0.25, 0.3) is 0 Å². The fourth-order valence-electron chi connectivity index (χ4n) is 6.41. The van der Waals surface area contributed by atoms with Crippen LogP contribution in [0.3, 0.4) is 0 Å². The van der Waals surface area contributed by atoms with Crippen LogP contribution in [0.1, 0.15) is 11.3 Å². The van der Waals surface area contributed by atoms with Crippen LogP contribution < -0.4 is 0 Å². The fraction of sp³-hybridized carbons (Fsp3) is 0.0256. The van der Waals surface area contributed by atoms with Gasteiger partial charge in [0.05, 0.1) is 0 Å². The molecule has 4 nitrogen and oxygen atoms in total. The van der Waals surface area contributed by atoms with E-state index in [1.54, 1.807) is 6.20 Å². The predicted molar refractivity (Wildman–Crippen MR) is 183 cm³/mol. The van der Waals surface area contributed by atoms with Crippen LogP contribution in [0.4, 0.5) is 0 Å². The van der Waals surface area contributed by atoms with E-state index in [1.165, 1.54) is 43.1 Å². The minimum atomic E-state index is 0.771. The van der Waals surface area contributed by atoms with Gasteiger partial charge in [0.2, 0.25) is 0 Å². The molecule has 4 aromatic heterocycles. The minimum Gasteiger partial charge on any atom is -0.461 e. The lowest BCUT2D eigenvalue weighted by atomic mass is 9.96. The van der Waals surface area contributed by atoms with Crippen LogP contribution in [-0.4, -0.2) is 11.2 Å². The summed E-state index contributed by atoms with van der Waals surface area (Å²) in [6.45, 7) is 1.91. The number of hydrogen-bond acceptors (Lipinski definition) is 5. The number of fused-ring (bicyclic) bond motifs is 7. The van der Waals surface area contributed by atoms with Gasteiger partial charge in [-0.25, -0.2) is 0 Å². The average Bonchev–Trinajstić information content (AvgIpc) is 3.73. The third-order valence-corrected chi connectivity index (χ3v) is 9.81. The standard InChI is InChI=1S/C39H24N2O2S/c1-22-33(20-40)29-16-25(5-9-35(29)42-22)23-3-2-4-24(15-23)27-7-11-38-31(18-27)32-19-28(8-12-39(32)44-38)26-6-10-36-30(17-26)34-21-41-14-13-37(34)43-36/h2-21,40H,1H3. The molecule has 0 atom stereocenters. The number of aryl methyl sites for hydroxylation is 1. The number of nitrogens with zero attached hydrogens (tertiary/aromatic N) is 1. The Kier molecular flexibility index (Phi) is 5.40. The summed E-state index contributed by atoms with van der Waals surface area (Å²) < 4.78 is 14.4. The molecule has 0 radical (unpaired) electrons. The number of benzene rings is 5. The van der Waals surface area contributed by atoms with E-state index in [-0.39, 0.29) is 0 Å². The van der Waals surface area contributed by atoms with E-state index in [1.807, 2.05) is 36.6 Å². The molecule has 208 valence electrons. The van der Waals surface area contributed by atoms with Crippen molar-refractivity contribution < 1.29 is 8.83 Å². The van der Waals surface area contributed by atoms with Crippen LogP contribution >= 0.6 is 11.3 Å². The maximum Gasteiger partial charge on any atom is 0.138 e. The van der Waals surface area contributed by atoms with Gasteiger partial charge in [-0.05, 0) is 101 Å². The molecular weight excluding hydrogens is 561 g/mol. The molecular formula is C39H24N2O2S. The second-order valence-electron chi connectivity index (χ2n) is 11.2. The summed E-state index contributed by atoms with van der Waals surface area (Å²) in [5, 5.41) is 13.5. The maximum atomic E-state index is 7.84. The molecule has 0 fully saturated rings. The van der Waals surface area contributed by atoms with E-state index in [9.17, 15) is 0 Å². The monoisotopic (exact) mass is 584 g/mol. The first-order valence-electron chi connectivity index (χ1n) is 14.5. The number of rotatable bonds is 4. The zero-order valence-corrected chi connectivity index (χ0v) is 24.5. The summed E-state index contributed by atoms with van der Waals surface area (Å²) in [5.41, 5.74) is 10.3. The molecule has 0 aliphatic rings. The molecule has 0 saturated carbocycles. The first kappa shape index (κ1) is 25.0. The molecule has 0 spiro atoms. The van der Waals surface area contributed by atoms with Gasteiger partial charge < -0.3 is 14.2 Å². The zero-order chi connectivity index (χ0) is 29.4. The van der Waals surface area contributed by atoms with Gasteiger partial charge in [-0.1, -0.05) is 42.5 Å². The van der Waals surface area contributed by atoms with Crippen LogP contribution in [-0.2, 0) is 0 Å². The van der Waals surface area contributed by atoms with Crippen molar-refractivity contribution in [2.45, 2.75) is 6.92 Å². The minimum absolute atomic E-state index is 0.771. The second-order valence-corrected chi connectivity index (χ2v) is 12.3. The number of hydrogen-bond donors (Lipinski definition) is 1. The lowest BCUT2D eigenvalue weighted by Crippen LogP contribution is -1.83. The van der Waals surface area contributed by atoms with E-state index in [0.717, 1.165) is 60.9 Å². The van der Waals surface area contributed by atoms with Crippen molar-refractivity contribution in [3.63, 3.8) is 0 Å². The molecule has 0 amide bonds. The Labute approximate surface area is 256 Å². The summed E-state index contributed by atoms with van der Waals surface area (Å²) >= 11 is 1.83. The van der Waals surface area contributed by atoms with Crippen molar-refractivity contribution in [1.82, 2.24) is 4.98 Å². The summed E-state index contributed by atoms with van der Waals surface area (Å²) in [7, 11) is 0. The average molecular weight is 585 g/mol. The molecule has 44 heavy (non-hydrogen) atoms. The van der Waals surface area contributed by atoms with Crippen LogP contribution in [0.5, 0.6) is 0 Å². The van der Waals surface area contributed by atoms with Crippen molar-refractivity contribution in [3.05, 3.63) is 127 Å². The van der Waals surface area contributed by atoms with Crippen molar-refractivity contribution in [2.75, 3.05) is 0 Å². The normalized spacial score (nSPS) is 11.8. The Morgan fingerprint density at radius 1 is 0.568 bits per heavy atom. The fourth-order valence-corrected chi connectivity index (χ4v) is 7.48. The van der Waals surface area contributed by atoms with Gasteiger partial charge in [-0.2, -0.15) is 0 Å². The molecule has 0 bridgehead atoms. The summed E-state index contributed by atoms with van der Waals surface area (Å²) in [6, 6.07) is 36.8. The molecule has 9 aromatic rings.